The fraction of sp³-hybridized carbons (Fsp3) is 0.333. The molecule has 26 heavy (non-hydrogen) atoms. The second kappa shape index (κ2) is 8.47. The van der Waals surface area contributed by atoms with Gasteiger partial charge in [-0.2, -0.15) is 12.7 Å². The third kappa shape index (κ3) is 5.26. The van der Waals surface area contributed by atoms with Crippen molar-refractivity contribution in [1.29, 1.82) is 0 Å². The lowest BCUT2D eigenvalue weighted by Gasteiger charge is -2.24. The van der Waals surface area contributed by atoms with Crippen LogP contribution in [-0.4, -0.2) is 33.0 Å². The zero-order valence-corrected chi connectivity index (χ0v) is 16.9. The number of aliphatic imine (C=N–C) groups is 1. The third-order valence-electron chi connectivity index (χ3n) is 3.26. The highest BCUT2D eigenvalue weighted by Gasteiger charge is 2.30. The van der Waals surface area contributed by atoms with Gasteiger partial charge in [-0.1, -0.05) is 17.7 Å². The van der Waals surface area contributed by atoms with Crippen molar-refractivity contribution in [3.8, 4) is 0 Å². The van der Waals surface area contributed by atoms with Gasteiger partial charge in [0.05, 0.1) is 29.1 Å². The fourth-order valence-corrected chi connectivity index (χ4v) is 3.11. The molecule has 0 aliphatic carbocycles. The number of hydroxylamine groups is 1. The number of esters is 1. The lowest BCUT2D eigenvalue weighted by molar-refractivity contribution is -0.135. The molecule has 0 saturated heterocycles. The summed E-state index contributed by atoms with van der Waals surface area (Å²) in [6.07, 6.45) is 0.908. The smallest absolute Gasteiger partial charge is 0.357 e. The number of ether oxygens (including phenoxy) is 1. The maximum absolute atomic E-state index is 14.3. The van der Waals surface area contributed by atoms with E-state index in [1.165, 1.54) is 12.1 Å². The maximum Gasteiger partial charge on any atom is 0.357 e. The van der Waals surface area contributed by atoms with Gasteiger partial charge in [0.1, 0.15) is 5.82 Å². The summed E-state index contributed by atoms with van der Waals surface area (Å²) >= 11 is 8.95. The van der Waals surface area contributed by atoms with Crippen molar-refractivity contribution in [2.75, 3.05) is 12.9 Å². The van der Waals surface area contributed by atoms with E-state index < -0.39 is 27.9 Å². The molecule has 1 heterocycles. The highest BCUT2D eigenvalue weighted by molar-refractivity contribution is 9.12. The van der Waals surface area contributed by atoms with Gasteiger partial charge in [0.25, 0.3) is 10.1 Å². The first-order valence-corrected chi connectivity index (χ1v) is 10.3. The summed E-state index contributed by atoms with van der Waals surface area (Å²) in [6.45, 7) is 1.74. The Balaban J connectivity index is 2.43. The second-order valence-corrected chi connectivity index (χ2v) is 8.07. The number of carbonyl (C=O) groups is 1. The van der Waals surface area contributed by atoms with E-state index in [2.05, 4.69) is 30.7 Å². The van der Waals surface area contributed by atoms with Gasteiger partial charge in [-0.25, -0.2) is 9.18 Å². The van der Waals surface area contributed by atoms with E-state index in [9.17, 15) is 17.6 Å². The number of nitrogens with zero attached hydrogens (tertiary/aromatic N) is 1. The number of carbonyl (C=O) groups excluding carboxylic acids is 1. The average molecular weight is 470 g/mol. The van der Waals surface area contributed by atoms with Crippen LogP contribution < -0.4 is 5.48 Å². The summed E-state index contributed by atoms with van der Waals surface area (Å²) in [4.78, 5) is 16.4. The Morgan fingerprint density at radius 1 is 1.50 bits per heavy atom. The molecule has 0 amide bonds. The van der Waals surface area contributed by atoms with Crippen LogP contribution in [0.4, 0.5) is 4.39 Å². The van der Waals surface area contributed by atoms with E-state index in [1.54, 1.807) is 6.92 Å². The van der Waals surface area contributed by atoms with E-state index in [-0.39, 0.29) is 39.5 Å². The fourth-order valence-electron chi connectivity index (χ4n) is 2.19. The Hall–Kier alpha value is -1.49. The van der Waals surface area contributed by atoms with Crippen LogP contribution in [0.5, 0.6) is 0 Å². The van der Waals surface area contributed by atoms with Crippen LogP contribution in [-0.2, 0) is 23.9 Å². The molecule has 0 aromatic heterocycles. The molecule has 142 valence electrons. The highest BCUT2D eigenvalue weighted by Crippen LogP contribution is 2.35. The molecule has 1 aromatic rings. The normalized spacial score (nSPS) is 17.7. The molecule has 1 aliphatic rings. The molecular formula is C15H15BrClFN2O5S. The van der Waals surface area contributed by atoms with Crippen molar-refractivity contribution in [3.05, 3.63) is 44.8 Å². The van der Waals surface area contributed by atoms with Gasteiger partial charge in [-0.3, -0.25) is 10.5 Å². The van der Waals surface area contributed by atoms with Crippen LogP contribution in [0.1, 0.15) is 24.9 Å². The van der Waals surface area contributed by atoms with Crippen molar-refractivity contribution in [1.82, 2.24) is 5.48 Å². The summed E-state index contributed by atoms with van der Waals surface area (Å²) in [5.41, 5.74) is 2.55. The van der Waals surface area contributed by atoms with E-state index in [1.807, 2.05) is 0 Å². The first kappa shape index (κ1) is 20.8. The Bertz CT molecular complexity index is 888. The summed E-state index contributed by atoms with van der Waals surface area (Å²) < 4.78 is 46.4. The molecule has 11 heteroatoms. The van der Waals surface area contributed by atoms with E-state index in [0.29, 0.717) is 0 Å². The minimum Gasteiger partial charge on any atom is -0.461 e. The van der Waals surface area contributed by atoms with E-state index in [4.69, 9.17) is 16.3 Å². The predicted octanol–water partition coefficient (Wildman–Crippen LogP) is 3.02. The third-order valence-corrected chi connectivity index (χ3v) is 4.74. The largest absolute Gasteiger partial charge is 0.461 e. The first-order chi connectivity index (χ1) is 12.1. The molecule has 1 aliphatic heterocycles. The summed E-state index contributed by atoms with van der Waals surface area (Å²) in [7, 11) is -3.80. The molecule has 1 atom stereocenters. The van der Waals surface area contributed by atoms with Crippen LogP contribution in [0.15, 0.2) is 33.4 Å². The van der Waals surface area contributed by atoms with Gasteiger partial charge < -0.3 is 4.74 Å². The number of hydrogen-bond acceptors (Lipinski definition) is 7. The topological polar surface area (TPSA) is 94.1 Å². The molecule has 0 bridgehead atoms. The van der Waals surface area contributed by atoms with Gasteiger partial charge in [0, 0.05) is 17.0 Å². The van der Waals surface area contributed by atoms with Gasteiger partial charge in [-0.05, 0) is 35.0 Å². The molecule has 0 spiro atoms. The van der Waals surface area contributed by atoms with Crippen LogP contribution in [0, 0.1) is 5.82 Å². The number of benzene rings is 1. The minimum atomic E-state index is -3.80. The predicted molar refractivity (Wildman–Crippen MR) is 97.9 cm³/mol. The van der Waals surface area contributed by atoms with Gasteiger partial charge in [0.2, 0.25) is 0 Å². The monoisotopic (exact) mass is 468 g/mol. The standard InChI is InChI=1S/C15H15BrClFN2O5S/c1-3-24-15(21)14-13(16)12(20-25-26(2,22)23)7-11(19-14)9-5-4-8(17)6-10(9)18/h4-6,11,20H,3,7H2,1-2H3. The number of dihydropyridines is 1. The molecule has 0 fully saturated rings. The zero-order valence-electron chi connectivity index (χ0n) is 13.8. The van der Waals surface area contributed by atoms with Crippen molar-refractivity contribution < 1.29 is 26.6 Å². The Kier molecular flexibility index (Phi) is 6.78. The van der Waals surface area contributed by atoms with Crippen LogP contribution >= 0.6 is 27.5 Å². The van der Waals surface area contributed by atoms with Crippen molar-refractivity contribution in [2.24, 2.45) is 4.99 Å². The second-order valence-electron chi connectivity index (χ2n) is 5.27. The molecule has 1 unspecified atom stereocenters. The van der Waals surface area contributed by atoms with Crippen molar-refractivity contribution >= 4 is 49.3 Å². The number of halogens is 3. The minimum absolute atomic E-state index is 0.0531. The number of hydrogen-bond donors (Lipinski definition) is 1. The van der Waals surface area contributed by atoms with Gasteiger partial charge in [-0.15, -0.1) is 0 Å². The number of rotatable bonds is 6. The lowest BCUT2D eigenvalue weighted by Crippen LogP contribution is -2.29. The maximum atomic E-state index is 14.3. The van der Waals surface area contributed by atoms with Gasteiger partial charge >= 0.3 is 5.97 Å². The zero-order chi connectivity index (χ0) is 19.5. The molecule has 2 rings (SSSR count). The summed E-state index contributed by atoms with van der Waals surface area (Å²) in [6, 6.07) is 3.26. The molecule has 1 N–H and O–H groups in total. The van der Waals surface area contributed by atoms with E-state index in [0.717, 1.165) is 12.3 Å². The van der Waals surface area contributed by atoms with Crippen molar-refractivity contribution in [3.63, 3.8) is 0 Å². The van der Waals surface area contributed by atoms with Gasteiger partial charge in [0.15, 0.2) is 5.71 Å². The summed E-state index contributed by atoms with van der Waals surface area (Å²) in [5, 5.41) is 0.215. The highest BCUT2D eigenvalue weighted by atomic mass is 79.9. The molecule has 1 aromatic carbocycles. The molecular weight excluding hydrogens is 455 g/mol. The molecule has 7 nitrogen and oxygen atoms in total. The summed E-state index contributed by atoms with van der Waals surface area (Å²) in [5.74, 6) is -1.34. The SMILES string of the molecule is CCOC(=O)C1=NC(c2ccc(Cl)cc2F)CC(NOS(C)(=O)=O)=C1Br. The Labute approximate surface area is 163 Å². The Morgan fingerprint density at radius 2 is 2.19 bits per heavy atom. The Morgan fingerprint density at radius 3 is 2.77 bits per heavy atom. The molecule has 0 radical (unpaired) electrons. The first-order valence-electron chi connectivity index (χ1n) is 7.35. The molecule has 0 saturated carbocycles. The van der Waals surface area contributed by atoms with Crippen molar-refractivity contribution in [2.45, 2.75) is 19.4 Å². The number of nitrogens with one attached hydrogen (secondary N) is 1. The van der Waals surface area contributed by atoms with Crippen LogP contribution in [0.3, 0.4) is 0 Å². The lowest BCUT2D eigenvalue weighted by atomic mass is 9.98. The quantitative estimate of drug-likeness (QED) is 0.508. The average Bonchev–Trinajstić information content (AvgIpc) is 2.53. The van der Waals surface area contributed by atoms with E-state index >= 15 is 0 Å². The van der Waals surface area contributed by atoms with Crippen LogP contribution in [0.25, 0.3) is 0 Å². The van der Waals surface area contributed by atoms with Crippen LogP contribution in [0.2, 0.25) is 5.02 Å².